The van der Waals surface area contributed by atoms with E-state index in [2.05, 4.69) is 5.32 Å². The van der Waals surface area contributed by atoms with Crippen molar-refractivity contribution >= 4 is 29.1 Å². The first-order chi connectivity index (χ1) is 13.7. The van der Waals surface area contributed by atoms with Crippen molar-refractivity contribution in [2.45, 2.75) is 25.9 Å². The zero-order valence-corrected chi connectivity index (χ0v) is 17.1. The van der Waals surface area contributed by atoms with Crippen molar-refractivity contribution in [3.05, 3.63) is 68.7 Å². The van der Waals surface area contributed by atoms with Gasteiger partial charge in [0.1, 0.15) is 5.75 Å². The quantitative estimate of drug-likeness (QED) is 0.521. The molecular formula is C20H22ClN3O5. The van der Waals surface area contributed by atoms with Gasteiger partial charge in [-0.15, -0.1) is 0 Å². The van der Waals surface area contributed by atoms with Gasteiger partial charge in [0, 0.05) is 37.7 Å². The molecule has 0 aliphatic carbocycles. The minimum Gasteiger partial charge on any atom is -0.497 e. The Labute approximate surface area is 173 Å². The maximum absolute atomic E-state index is 12.7. The molecule has 0 bridgehead atoms. The number of carbonyl (C=O) groups is 2. The van der Waals surface area contributed by atoms with Gasteiger partial charge in [-0.25, -0.2) is 0 Å². The van der Waals surface area contributed by atoms with Gasteiger partial charge in [0.2, 0.25) is 11.8 Å². The third-order valence-corrected chi connectivity index (χ3v) is 4.72. The average Bonchev–Trinajstić information content (AvgIpc) is 2.68. The summed E-state index contributed by atoms with van der Waals surface area (Å²) in [6.07, 6.45) is 0.0228. The summed E-state index contributed by atoms with van der Waals surface area (Å²) in [5, 5.41) is 14.1. The van der Waals surface area contributed by atoms with Crippen LogP contribution in [0.4, 0.5) is 5.69 Å². The number of nitrogens with zero attached hydrogens (tertiary/aromatic N) is 2. The van der Waals surface area contributed by atoms with E-state index in [0.717, 1.165) is 5.56 Å². The van der Waals surface area contributed by atoms with E-state index in [1.165, 1.54) is 30.0 Å². The minimum absolute atomic E-state index is 0.0228. The van der Waals surface area contributed by atoms with Crippen molar-refractivity contribution in [1.82, 2.24) is 10.2 Å². The monoisotopic (exact) mass is 419 g/mol. The Balaban J connectivity index is 2.14. The van der Waals surface area contributed by atoms with Gasteiger partial charge in [0.25, 0.3) is 5.69 Å². The summed E-state index contributed by atoms with van der Waals surface area (Å²) in [4.78, 5) is 36.2. The van der Waals surface area contributed by atoms with E-state index in [9.17, 15) is 19.7 Å². The number of nitro groups is 1. The summed E-state index contributed by atoms with van der Waals surface area (Å²) in [5.41, 5.74) is 1.13. The van der Waals surface area contributed by atoms with Crippen LogP contribution in [0.3, 0.4) is 0 Å². The van der Waals surface area contributed by atoms with Crippen LogP contribution in [0.2, 0.25) is 5.02 Å². The second kappa shape index (κ2) is 9.88. The fourth-order valence-corrected chi connectivity index (χ4v) is 2.98. The first-order valence-corrected chi connectivity index (χ1v) is 9.17. The first-order valence-electron chi connectivity index (χ1n) is 8.79. The molecule has 0 heterocycles. The largest absolute Gasteiger partial charge is 0.497 e. The predicted molar refractivity (Wildman–Crippen MR) is 109 cm³/mol. The van der Waals surface area contributed by atoms with E-state index >= 15 is 0 Å². The molecule has 8 nitrogen and oxygen atoms in total. The highest BCUT2D eigenvalue weighted by atomic mass is 35.5. The number of rotatable bonds is 8. The normalized spacial score (nSPS) is 11.4. The summed E-state index contributed by atoms with van der Waals surface area (Å²) in [7, 11) is 3.13. The molecule has 1 atom stereocenters. The van der Waals surface area contributed by atoms with E-state index in [0.29, 0.717) is 16.3 Å². The number of hydrogen-bond acceptors (Lipinski definition) is 5. The summed E-state index contributed by atoms with van der Waals surface area (Å²) < 4.78 is 5.13. The number of carbonyl (C=O) groups excluding carboxylic acids is 2. The van der Waals surface area contributed by atoms with Crippen molar-refractivity contribution < 1.29 is 19.2 Å². The lowest BCUT2D eigenvalue weighted by Gasteiger charge is -2.23. The second-order valence-corrected chi connectivity index (χ2v) is 6.92. The number of halogens is 1. The molecule has 2 amide bonds. The molecule has 1 unspecified atom stereocenters. The van der Waals surface area contributed by atoms with E-state index in [1.807, 2.05) is 0 Å². The second-order valence-electron chi connectivity index (χ2n) is 6.51. The Morgan fingerprint density at radius 2 is 1.90 bits per heavy atom. The maximum Gasteiger partial charge on any atom is 0.269 e. The molecule has 1 N–H and O–H groups in total. The van der Waals surface area contributed by atoms with Gasteiger partial charge in [-0.05, 0) is 29.3 Å². The van der Waals surface area contributed by atoms with Crippen LogP contribution in [0.1, 0.15) is 30.5 Å². The van der Waals surface area contributed by atoms with E-state index in [-0.39, 0.29) is 30.5 Å². The molecule has 29 heavy (non-hydrogen) atoms. The fourth-order valence-electron chi connectivity index (χ4n) is 2.80. The zero-order chi connectivity index (χ0) is 21.6. The van der Waals surface area contributed by atoms with Crippen LogP contribution >= 0.6 is 11.6 Å². The Morgan fingerprint density at radius 1 is 1.24 bits per heavy atom. The van der Waals surface area contributed by atoms with Crippen LogP contribution in [0.5, 0.6) is 5.75 Å². The average molecular weight is 420 g/mol. The number of nitro benzene ring substituents is 1. The molecule has 0 aliphatic heterocycles. The van der Waals surface area contributed by atoms with Crippen LogP contribution in [-0.4, -0.2) is 35.8 Å². The molecule has 0 saturated carbocycles. The lowest BCUT2D eigenvalue weighted by Crippen LogP contribution is -2.33. The highest BCUT2D eigenvalue weighted by Crippen LogP contribution is 2.25. The van der Waals surface area contributed by atoms with Crippen LogP contribution in [-0.2, 0) is 16.1 Å². The van der Waals surface area contributed by atoms with E-state index in [1.54, 1.807) is 38.4 Å². The molecule has 2 aromatic rings. The summed E-state index contributed by atoms with van der Waals surface area (Å²) in [6.45, 7) is 1.49. The third kappa shape index (κ3) is 6.18. The Morgan fingerprint density at radius 3 is 2.45 bits per heavy atom. The molecule has 0 spiro atoms. The van der Waals surface area contributed by atoms with Gasteiger partial charge in [0.05, 0.1) is 24.5 Å². The number of hydrogen-bond donors (Lipinski definition) is 1. The van der Waals surface area contributed by atoms with Gasteiger partial charge in [-0.2, -0.15) is 0 Å². The molecule has 0 fully saturated rings. The third-order valence-electron chi connectivity index (χ3n) is 4.35. The predicted octanol–water partition coefficient (Wildman–Crippen LogP) is 3.48. The van der Waals surface area contributed by atoms with Crippen molar-refractivity contribution in [1.29, 1.82) is 0 Å². The number of methoxy groups -OCH3 is 1. The lowest BCUT2D eigenvalue weighted by molar-refractivity contribution is -0.384. The van der Waals surface area contributed by atoms with Gasteiger partial charge in [-0.3, -0.25) is 19.7 Å². The lowest BCUT2D eigenvalue weighted by atomic mass is 10.0. The molecule has 0 aromatic heterocycles. The number of amides is 2. The molecule has 154 valence electrons. The maximum atomic E-state index is 12.7. The molecule has 2 rings (SSSR count). The van der Waals surface area contributed by atoms with Crippen LogP contribution in [0.15, 0.2) is 42.5 Å². The molecule has 0 saturated heterocycles. The summed E-state index contributed by atoms with van der Waals surface area (Å²) in [5.74, 6) is 0.157. The van der Waals surface area contributed by atoms with Crippen LogP contribution in [0, 0.1) is 10.1 Å². The SMILES string of the molecule is COc1ccc(C(CC(=O)N(C)Cc2cc([N+](=O)[O-])ccc2Cl)NC(C)=O)cc1. The molecule has 9 heteroatoms. The van der Waals surface area contributed by atoms with Gasteiger partial charge < -0.3 is 15.0 Å². The zero-order valence-electron chi connectivity index (χ0n) is 16.3. The van der Waals surface area contributed by atoms with Gasteiger partial charge >= 0.3 is 0 Å². The number of nitrogens with one attached hydrogen (secondary N) is 1. The van der Waals surface area contributed by atoms with Crippen LogP contribution in [0.25, 0.3) is 0 Å². The molecular weight excluding hydrogens is 398 g/mol. The standard InChI is InChI=1S/C20H22ClN3O5/c1-13(25)22-19(14-4-7-17(29-3)8-5-14)11-20(26)23(2)12-15-10-16(24(27)28)6-9-18(15)21/h4-10,19H,11-12H2,1-3H3,(H,22,25). The Kier molecular flexibility index (Phi) is 7.55. The van der Waals surface area contributed by atoms with Crippen molar-refractivity contribution in [3.63, 3.8) is 0 Å². The number of non-ortho nitro benzene ring substituents is 1. The highest BCUT2D eigenvalue weighted by Gasteiger charge is 2.21. The molecule has 0 aliphatic rings. The Hall–Kier alpha value is -3.13. The fraction of sp³-hybridized carbons (Fsp3) is 0.300. The summed E-state index contributed by atoms with van der Waals surface area (Å²) >= 11 is 6.12. The van der Waals surface area contributed by atoms with Crippen molar-refractivity contribution in [2.75, 3.05) is 14.2 Å². The Bertz CT molecular complexity index is 901. The van der Waals surface area contributed by atoms with Gasteiger partial charge in [-0.1, -0.05) is 23.7 Å². The first kappa shape index (κ1) is 22.2. The van der Waals surface area contributed by atoms with Crippen molar-refractivity contribution in [3.8, 4) is 5.75 Å². The van der Waals surface area contributed by atoms with E-state index in [4.69, 9.17) is 16.3 Å². The highest BCUT2D eigenvalue weighted by molar-refractivity contribution is 6.31. The smallest absolute Gasteiger partial charge is 0.269 e. The minimum atomic E-state index is -0.520. The number of ether oxygens (including phenoxy) is 1. The van der Waals surface area contributed by atoms with Gasteiger partial charge in [0.15, 0.2) is 0 Å². The summed E-state index contributed by atoms with van der Waals surface area (Å²) in [6, 6.07) is 10.6. The topological polar surface area (TPSA) is 102 Å². The molecule has 2 aromatic carbocycles. The van der Waals surface area contributed by atoms with Crippen LogP contribution < -0.4 is 10.1 Å². The van der Waals surface area contributed by atoms with Crippen molar-refractivity contribution in [2.24, 2.45) is 0 Å². The van der Waals surface area contributed by atoms with E-state index < -0.39 is 11.0 Å². The number of benzene rings is 2. The molecule has 0 radical (unpaired) electrons.